The number of nitrogens with one attached hydrogen (secondary N) is 2. The fourth-order valence-electron chi connectivity index (χ4n) is 2.85. The number of benzene rings is 1. The SMILES string of the molecule is COc1ccc(CNc2nc(Cl)nc(NC3CCCCC3)n2)cc1. The predicted octanol–water partition coefficient (Wildman–Crippen LogP) is 3.89. The van der Waals surface area contributed by atoms with Crippen LogP contribution in [0.2, 0.25) is 5.28 Å². The van der Waals surface area contributed by atoms with E-state index in [9.17, 15) is 0 Å². The van der Waals surface area contributed by atoms with Crippen LogP contribution in [0.3, 0.4) is 0 Å². The van der Waals surface area contributed by atoms with Crippen molar-refractivity contribution in [2.24, 2.45) is 0 Å². The highest BCUT2D eigenvalue weighted by molar-refractivity contribution is 6.28. The van der Waals surface area contributed by atoms with Gasteiger partial charge in [0.15, 0.2) is 0 Å². The van der Waals surface area contributed by atoms with E-state index in [1.807, 2.05) is 24.3 Å². The van der Waals surface area contributed by atoms with Crippen molar-refractivity contribution >= 4 is 23.5 Å². The Morgan fingerprint density at radius 2 is 1.75 bits per heavy atom. The standard InChI is InChI=1S/C17H22ClN5O/c1-24-14-9-7-12(8-10-14)11-19-16-21-15(18)22-17(23-16)20-13-5-3-2-4-6-13/h7-10,13H,2-6,11H2,1H3,(H2,19,20,21,22,23). The number of hydrogen-bond donors (Lipinski definition) is 2. The van der Waals surface area contributed by atoms with E-state index in [1.54, 1.807) is 7.11 Å². The number of halogens is 1. The van der Waals surface area contributed by atoms with Crippen LogP contribution in [0.4, 0.5) is 11.9 Å². The van der Waals surface area contributed by atoms with Crippen molar-refractivity contribution in [1.82, 2.24) is 15.0 Å². The Kier molecular flexibility index (Phi) is 5.69. The van der Waals surface area contributed by atoms with Gasteiger partial charge in [-0.2, -0.15) is 15.0 Å². The number of hydrogen-bond acceptors (Lipinski definition) is 6. The fourth-order valence-corrected chi connectivity index (χ4v) is 3.01. The van der Waals surface area contributed by atoms with E-state index >= 15 is 0 Å². The van der Waals surface area contributed by atoms with E-state index in [4.69, 9.17) is 16.3 Å². The number of anilines is 2. The van der Waals surface area contributed by atoms with Crippen LogP contribution in [0.5, 0.6) is 5.75 Å². The highest BCUT2D eigenvalue weighted by Crippen LogP contribution is 2.21. The molecule has 0 aliphatic heterocycles. The molecular weight excluding hydrogens is 326 g/mol. The van der Waals surface area contributed by atoms with Crippen molar-refractivity contribution in [2.45, 2.75) is 44.7 Å². The van der Waals surface area contributed by atoms with Gasteiger partial charge in [0.2, 0.25) is 17.2 Å². The molecule has 7 heteroatoms. The smallest absolute Gasteiger partial charge is 0.229 e. The summed E-state index contributed by atoms with van der Waals surface area (Å²) in [6.07, 6.45) is 6.11. The van der Waals surface area contributed by atoms with Gasteiger partial charge in [-0.05, 0) is 42.1 Å². The monoisotopic (exact) mass is 347 g/mol. The van der Waals surface area contributed by atoms with E-state index in [1.165, 1.54) is 19.3 Å². The molecule has 0 unspecified atom stereocenters. The second-order valence-electron chi connectivity index (χ2n) is 5.93. The van der Waals surface area contributed by atoms with Gasteiger partial charge in [-0.3, -0.25) is 0 Å². The summed E-state index contributed by atoms with van der Waals surface area (Å²) < 4.78 is 5.16. The van der Waals surface area contributed by atoms with Crippen LogP contribution in [-0.4, -0.2) is 28.1 Å². The summed E-state index contributed by atoms with van der Waals surface area (Å²) >= 11 is 6.03. The first-order valence-corrected chi connectivity index (χ1v) is 8.65. The van der Waals surface area contributed by atoms with Crippen molar-refractivity contribution in [3.05, 3.63) is 35.1 Å². The van der Waals surface area contributed by atoms with Gasteiger partial charge in [0.25, 0.3) is 0 Å². The van der Waals surface area contributed by atoms with E-state index in [2.05, 4.69) is 25.6 Å². The quantitative estimate of drug-likeness (QED) is 0.826. The third kappa shape index (κ3) is 4.71. The third-order valence-corrected chi connectivity index (χ3v) is 4.33. The molecule has 1 aliphatic carbocycles. The molecule has 24 heavy (non-hydrogen) atoms. The van der Waals surface area contributed by atoms with Crippen molar-refractivity contribution in [3.63, 3.8) is 0 Å². The van der Waals surface area contributed by atoms with Crippen molar-refractivity contribution < 1.29 is 4.74 Å². The Morgan fingerprint density at radius 1 is 1.04 bits per heavy atom. The molecule has 0 amide bonds. The maximum atomic E-state index is 6.03. The van der Waals surface area contributed by atoms with Crippen LogP contribution < -0.4 is 15.4 Å². The second kappa shape index (κ2) is 8.15. The summed E-state index contributed by atoms with van der Waals surface area (Å²) in [6.45, 7) is 0.604. The first kappa shape index (κ1) is 16.8. The number of methoxy groups -OCH3 is 1. The van der Waals surface area contributed by atoms with E-state index in [-0.39, 0.29) is 5.28 Å². The van der Waals surface area contributed by atoms with Gasteiger partial charge in [0, 0.05) is 12.6 Å². The lowest BCUT2D eigenvalue weighted by Gasteiger charge is -2.22. The predicted molar refractivity (Wildman–Crippen MR) is 95.7 cm³/mol. The van der Waals surface area contributed by atoms with Gasteiger partial charge in [-0.1, -0.05) is 31.4 Å². The Bertz CT molecular complexity index is 659. The van der Waals surface area contributed by atoms with Gasteiger partial charge >= 0.3 is 0 Å². The fraction of sp³-hybridized carbons (Fsp3) is 0.471. The molecular formula is C17H22ClN5O. The normalized spacial score (nSPS) is 15.1. The molecule has 128 valence electrons. The van der Waals surface area contributed by atoms with Crippen molar-refractivity contribution in [2.75, 3.05) is 17.7 Å². The van der Waals surface area contributed by atoms with Gasteiger partial charge in [-0.15, -0.1) is 0 Å². The van der Waals surface area contributed by atoms with Gasteiger partial charge in [0.05, 0.1) is 7.11 Å². The summed E-state index contributed by atoms with van der Waals surface area (Å²) in [6, 6.07) is 8.26. The molecule has 1 heterocycles. The van der Waals surface area contributed by atoms with Crippen LogP contribution in [-0.2, 0) is 6.54 Å². The lowest BCUT2D eigenvalue weighted by Crippen LogP contribution is -2.24. The highest BCUT2D eigenvalue weighted by atomic mass is 35.5. The van der Waals surface area contributed by atoms with Gasteiger partial charge < -0.3 is 15.4 Å². The van der Waals surface area contributed by atoms with Gasteiger partial charge in [0.1, 0.15) is 5.75 Å². The number of aromatic nitrogens is 3. The Hall–Kier alpha value is -2.08. The summed E-state index contributed by atoms with van der Waals surface area (Å²) in [5, 5.41) is 6.76. The Labute approximate surface area is 147 Å². The first-order chi connectivity index (χ1) is 11.7. The van der Waals surface area contributed by atoms with E-state index < -0.39 is 0 Å². The maximum absolute atomic E-state index is 6.03. The number of nitrogens with zero attached hydrogens (tertiary/aromatic N) is 3. The molecule has 0 atom stereocenters. The zero-order valence-corrected chi connectivity index (χ0v) is 14.5. The summed E-state index contributed by atoms with van der Waals surface area (Å²) in [5.41, 5.74) is 1.11. The van der Waals surface area contributed by atoms with E-state index in [0.29, 0.717) is 24.5 Å². The molecule has 1 fully saturated rings. The largest absolute Gasteiger partial charge is 0.497 e. The zero-order valence-electron chi connectivity index (χ0n) is 13.8. The molecule has 6 nitrogen and oxygen atoms in total. The minimum atomic E-state index is 0.195. The molecule has 1 aromatic carbocycles. The molecule has 0 radical (unpaired) electrons. The summed E-state index contributed by atoms with van der Waals surface area (Å²) in [5.74, 6) is 1.85. The van der Waals surface area contributed by atoms with Crippen LogP contribution in [0.25, 0.3) is 0 Å². The maximum Gasteiger partial charge on any atom is 0.229 e. The van der Waals surface area contributed by atoms with Gasteiger partial charge in [-0.25, -0.2) is 0 Å². The first-order valence-electron chi connectivity index (χ1n) is 8.28. The summed E-state index contributed by atoms with van der Waals surface area (Å²) in [7, 11) is 1.65. The molecule has 2 aromatic rings. The number of rotatable bonds is 6. The molecule has 0 bridgehead atoms. The number of ether oxygens (including phenoxy) is 1. The molecule has 3 rings (SSSR count). The van der Waals surface area contributed by atoms with Crippen molar-refractivity contribution in [3.8, 4) is 5.75 Å². The van der Waals surface area contributed by atoms with Crippen molar-refractivity contribution in [1.29, 1.82) is 0 Å². The lowest BCUT2D eigenvalue weighted by atomic mass is 9.96. The molecule has 0 saturated heterocycles. The molecule has 1 saturated carbocycles. The second-order valence-corrected chi connectivity index (χ2v) is 6.27. The zero-order chi connectivity index (χ0) is 16.8. The molecule has 0 spiro atoms. The average Bonchev–Trinajstić information content (AvgIpc) is 2.61. The van der Waals surface area contributed by atoms with Crippen LogP contribution in [0.15, 0.2) is 24.3 Å². The van der Waals surface area contributed by atoms with Crippen LogP contribution in [0.1, 0.15) is 37.7 Å². The Morgan fingerprint density at radius 3 is 2.46 bits per heavy atom. The topological polar surface area (TPSA) is 72.0 Å². The highest BCUT2D eigenvalue weighted by Gasteiger charge is 2.15. The average molecular weight is 348 g/mol. The molecule has 1 aromatic heterocycles. The van der Waals surface area contributed by atoms with Crippen LogP contribution in [0, 0.1) is 0 Å². The minimum Gasteiger partial charge on any atom is -0.497 e. The summed E-state index contributed by atoms with van der Waals surface area (Å²) in [4.78, 5) is 12.7. The van der Waals surface area contributed by atoms with Crippen LogP contribution >= 0.6 is 11.6 Å². The minimum absolute atomic E-state index is 0.195. The molecule has 2 N–H and O–H groups in total. The van der Waals surface area contributed by atoms with E-state index in [0.717, 1.165) is 24.2 Å². The Balaban J connectivity index is 1.62. The third-order valence-electron chi connectivity index (χ3n) is 4.16. The molecule has 1 aliphatic rings. The lowest BCUT2D eigenvalue weighted by molar-refractivity contribution is 0.414.